The number of benzene rings is 1. The molecule has 1 N–H and O–H groups in total. The van der Waals surface area contributed by atoms with Gasteiger partial charge in [0.1, 0.15) is 17.3 Å². The van der Waals surface area contributed by atoms with Crippen molar-refractivity contribution in [2.45, 2.75) is 45.7 Å². The van der Waals surface area contributed by atoms with Crippen molar-refractivity contribution >= 4 is 5.69 Å². The number of hydrogen-bond donors (Lipinski definition) is 1. The van der Waals surface area contributed by atoms with Crippen LogP contribution in [0.25, 0.3) is 0 Å². The maximum absolute atomic E-state index is 14.1. The Balaban J connectivity index is 2.04. The number of anilines is 1. The quantitative estimate of drug-likeness (QED) is 0.820. The summed E-state index contributed by atoms with van der Waals surface area (Å²) in [4.78, 5) is 1.67. The monoisotopic (exact) mass is 282 g/mol. The number of nitrogens with one attached hydrogen (secondary N) is 1. The summed E-state index contributed by atoms with van der Waals surface area (Å²) in [5.41, 5.74) is 0.758. The standard InChI is InChI=1S/C16H24F2N2/c1-11(2)6-7-20(3)16-14(17)8-12(9-15(16)18)10-19-13-4-5-13/h8-9,11,13,19H,4-7,10H2,1-3H3. The lowest BCUT2D eigenvalue weighted by atomic mass is 10.1. The molecule has 0 saturated heterocycles. The predicted octanol–water partition coefficient (Wildman–Crippen LogP) is 3.70. The van der Waals surface area contributed by atoms with E-state index in [1.807, 2.05) is 0 Å². The van der Waals surface area contributed by atoms with Crippen molar-refractivity contribution in [3.05, 3.63) is 29.3 Å². The summed E-state index contributed by atoms with van der Waals surface area (Å²) >= 11 is 0. The Bertz CT molecular complexity index is 433. The molecule has 1 aliphatic rings. The van der Waals surface area contributed by atoms with Gasteiger partial charge in [-0.3, -0.25) is 0 Å². The highest BCUT2D eigenvalue weighted by Gasteiger charge is 2.21. The Hall–Kier alpha value is -1.16. The molecule has 0 radical (unpaired) electrons. The molecule has 0 heterocycles. The van der Waals surface area contributed by atoms with Crippen molar-refractivity contribution in [2.75, 3.05) is 18.5 Å². The van der Waals surface area contributed by atoms with Crippen LogP contribution in [0.1, 0.15) is 38.7 Å². The van der Waals surface area contributed by atoms with Crippen LogP contribution in [0.15, 0.2) is 12.1 Å². The molecule has 0 aromatic heterocycles. The fourth-order valence-corrected chi connectivity index (χ4v) is 2.20. The zero-order valence-corrected chi connectivity index (χ0v) is 12.5. The smallest absolute Gasteiger partial charge is 0.149 e. The van der Waals surface area contributed by atoms with E-state index in [0.29, 0.717) is 30.6 Å². The molecule has 112 valence electrons. The first-order chi connectivity index (χ1) is 9.47. The molecule has 20 heavy (non-hydrogen) atoms. The van der Waals surface area contributed by atoms with Crippen LogP contribution in [0.3, 0.4) is 0 Å². The summed E-state index contributed by atoms with van der Waals surface area (Å²) in [6.07, 6.45) is 3.25. The van der Waals surface area contributed by atoms with Gasteiger partial charge in [0.05, 0.1) is 0 Å². The van der Waals surface area contributed by atoms with E-state index < -0.39 is 11.6 Å². The molecule has 0 spiro atoms. The van der Waals surface area contributed by atoms with Gasteiger partial charge in [-0.15, -0.1) is 0 Å². The van der Waals surface area contributed by atoms with Crippen LogP contribution < -0.4 is 10.2 Å². The molecule has 2 rings (SSSR count). The van der Waals surface area contributed by atoms with Gasteiger partial charge in [0.15, 0.2) is 0 Å². The Labute approximate surface area is 120 Å². The minimum Gasteiger partial charge on any atom is -0.370 e. The van der Waals surface area contributed by atoms with Crippen LogP contribution in [0.4, 0.5) is 14.5 Å². The van der Waals surface area contributed by atoms with Gasteiger partial charge in [-0.05, 0) is 42.9 Å². The maximum atomic E-state index is 14.1. The predicted molar refractivity (Wildman–Crippen MR) is 78.9 cm³/mol. The van der Waals surface area contributed by atoms with Crippen molar-refractivity contribution in [3.63, 3.8) is 0 Å². The average molecular weight is 282 g/mol. The van der Waals surface area contributed by atoms with Crippen LogP contribution in [0.5, 0.6) is 0 Å². The molecule has 1 aromatic carbocycles. The lowest BCUT2D eigenvalue weighted by Gasteiger charge is -2.22. The molecule has 1 saturated carbocycles. The molecule has 0 unspecified atom stereocenters. The molecule has 1 fully saturated rings. The van der Waals surface area contributed by atoms with Gasteiger partial charge in [-0.1, -0.05) is 13.8 Å². The molecule has 2 nitrogen and oxygen atoms in total. The molecule has 0 bridgehead atoms. The van der Waals surface area contributed by atoms with Crippen molar-refractivity contribution in [2.24, 2.45) is 5.92 Å². The molecule has 0 aliphatic heterocycles. The van der Waals surface area contributed by atoms with Gasteiger partial charge in [0.25, 0.3) is 0 Å². The molecule has 0 atom stereocenters. The van der Waals surface area contributed by atoms with E-state index in [0.717, 1.165) is 6.42 Å². The largest absolute Gasteiger partial charge is 0.370 e. The van der Waals surface area contributed by atoms with E-state index in [1.165, 1.54) is 25.0 Å². The van der Waals surface area contributed by atoms with Crippen molar-refractivity contribution in [1.29, 1.82) is 0 Å². The van der Waals surface area contributed by atoms with Gasteiger partial charge < -0.3 is 10.2 Å². The summed E-state index contributed by atoms with van der Waals surface area (Å²) in [5, 5.41) is 3.27. The maximum Gasteiger partial charge on any atom is 0.149 e. The SMILES string of the molecule is CC(C)CCN(C)c1c(F)cc(CNC2CC2)cc1F. The van der Waals surface area contributed by atoms with Crippen LogP contribution >= 0.6 is 0 Å². The van der Waals surface area contributed by atoms with E-state index in [-0.39, 0.29) is 5.69 Å². The van der Waals surface area contributed by atoms with E-state index >= 15 is 0 Å². The Kier molecular flexibility index (Phi) is 4.97. The van der Waals surface area contributed by atoms with Crippen molar-refractivity contribution in [3.8, 4) is 0 Å². The second kappa shape index (κ2) is 6.53. The highest BCUT2D eigenvalue weighted by molar-refractivity contribution is 5.50. The lowest BCUT2D eigenvalue weighted by Crippen LogP contribution is -2.23. The molecule has 1 aliphatic carbocycles. The fourth-order valence-electron chi connectivity index (χ4n) is 2.20. The van der Waals surface area contributed by atoms with Gasteiger partial charge in [0.2, 0.25) is 0 Å². The summed E-state index contributed by atoms with van der Waals surface area (Å²) in [5.74, 6) is -0.418. The number of hydrogen-bond acceptors (Lipinski definition) is 2. The highest BCUT2D eigenvalue weighted by Crippen LogP contribution is 2.25. The van der Waals surface area contributed by atoms with E-state index in [9.17, 15) is 8.78 Å². The molecular formula is C16H24F2N2. The number of nitrogens with zero attached hydrogens (tertiary/aromatic N) is 1. The highest BCUT2D eigenvalue weighted by atomic mass is 19.1. The second-order valence-electron chi connectivity index (χ2n) is 6.17. The molecule has 1 aromatic rings. The second-order valence-corrected chi connectivity index (χ2v) is 6.17. The topological polar surface area (TPSA) is 15.3 Å². The van der Waals surface area contributed by atoms with Crippen LogP contribution in [0, 0.1) is 17.6 Å². The summed E-state index contributed by atoms with van der Waals surface area (Å²) in [6, 6.07) is 3.42. The zero-order valence-electron chi connectivity index (χ0n) is 12.5. The Morgan fingerprint density at radius 2 is 1.85 bits per heavy atom. The zero-order chi connectivity index (χ0) is 14.7. The number of halogens is 2. The minimum atomic E-state index is -0.469. The third-order valence-electron chi connectivity index (χ3n) is 3.67. The van der Waals surface area contributed by atoms with Crippen LogP contribution in [0.2, 0.25) is 0 Å². The van der Waals surface area contributed by atoms with Crippen LogP contribution in [-0.2, 0) is 6.54 Å². The third-order valence-corrected chi connectivity index (χ3v) is 3.67. The fraction of sp³-hybridized carbons (Fsp3) is 0.625. The average Bonchev–Trinajstić information content (AvgIpc) is 3.17. The summed E-state index contributed by atoms with van der Waals surface area (Å²) in [6.45, 7) is 5.40. The number of rotatable bonds is 7. The minimum absolute atomic E-state index is 0.0841. The summed E-state index contributed by atoms with van der Waals surface area (Å²) < 4.78 is 28.2. The van der Waals surface area contributed by atoms with Gasteiger partial charge in [0, 0.05) is 26.2 Å². The third kappa shape index (κ3) is 4.17. The normalized spacial score (nSPS) is 14.9. The van der Waals surface area contributed by atoms with Gasteiger partial charge >= 0.3 is 0 Å². The van der Waals surface area contributed by atoms with Gasteiger partial charge in [-0.2, -0.15) is 0 Å². The van der Waals surface area contributed by atoms with E-state index in [4.69, 9.17) is 0 Å². The Morgan fingerprint density at radius 1 is 1.25 bits per heavy atom. The first-order valence-corrected chi connectivity index (χ1v) is 7.39. The molecular weight excluding hydrogens is 258 g/mol. The first kappa shape index (κ1) is 15.2. The van der Waals surface area contributed by atoms with E-state index in [1.54, 1.807) is 11.9 Å². The van der Waals surface area contributed by atoms with Crippen LogP contribution in [-0.4, -0.2) is 19.6 Å². The lowest BCUT2D eigenvalue weighted by molar-refractivity contribution is 0.549. The first-order valence-electron chi connectivity index (χ1n) is 7.39. The van der Waals surface area contributed by atoms with E-state index in [2.05, 4.69) is 19.2 Å². The van der Waals surface area contributed by atoms with Crippen molar-refractivity contribution < 1.29 is 8.78 Å². The van der Waals surface area contributed by atoms with Gasteiger partial charge in [-0.25, -0.2) is 8.78 Å². The molecule has 0 amide bonds. The molecule has 4 heteroatoms. The van der Waals surface area contributed by atoms with Crippen molar-refractivity contribution in [1.82, 2.24) is 5.32 Å². The Morgan fingerprint density at radius 3 is 2.35 bits per heavy atom. The summed E-state index contributed by atoms with van der Waals surface area (Å²) in [7, 11) is 1.74.